The second kappa shape index (κ2) is 6.28. The van der Waals surface area contributed by atoms with Crippen LogP contribution in [0.25, 0.3) is 0 Å². The number of nitrogens with zero attached hydrogens (tertiary/aromatic N) is 5. The minimum Gasteiger partial charge on any atom is -0.363 e. The van der Waals surface area contributed by atoms with E-state index in [0.29, 0.717) is 38.2 Å². The monoisotopic (exact) mass is 357 g/mol. The molecule has 138 valence electrons. The lowest BCUT2D eigenvalue weighted by atomic mass is 9.89. The summed E-state index contributed by atoms with van der Waals surface area (Å²) >= 11 is 0. The Hall–Kier alpha value is -2.61. The van der Waals surface area contributed by atoms with Gasteiger partial charge in [0.2, 0.25) is 0 Å². The lowest BCUT2D eigenvalue weighted by molar-refractivity contribution is -0.143. The third-order valence-electron chi connectivity index (χ3n) is 5.38. The summed E-state index contributed by atoms with van der Waals surface area (Å²) < 4.78 is 9.48. The van der Waals surface area contributed by atoms with Crippen LogP contribution in [-0.2, 0) is 23.6 Å². The van der Waals surface area contributed by atoms with Crippen LogP contribution in [-0.4, -0.2) is 62.9 Å². The molecule has 0 saturated carbocycles. The lowest BCUT2D eigenvalue weighted by Crippen LogP contribution is -2.59. The predicted molar refractivity (Wildman–Crippen MR) is 94.8 cm³/mol. The number of carbonyl (C=O) groups is 2. The summed E-state index contributed by atoms with van der Waals surface area (Å²) in [5.41, 5.74) is 1.09. The van der Waals surface area contributed by atoms with Crippen LogP contribution in [0.2, 0.25) is 0 Å². The van der Waals surface area contributed by atoms with Gasteiger partial charge in [-0.15, -0.1) is 0 Å². The molecule has 0 aliphatic carbocycles. The van der Waals surface area contributed by atoms with Crippen molar-refractivity contribution in [2.45, 2.75) is 18.4 Å². The molecule has 0 aromatic carbocycles. The van der Waals surface area contributed by atoms with Crippen LogP contribution in [0, 0.1) is 0 Å². The molecule has 0 unspecified atom stereocenters. The van der Waals surface area contributed by atoms with Crippen molar-refractivity contribution in [3.63, 3.8) is 0 Å². The van der Waals surface area contributed by atoms with Crippen molar-refractivity contribution in [3.8, 4) is 0 Å². The largest absolute Gasteiger partial charge is 0.363 e. The number of morpholine rings is 1. The number of aryl methyl sites for hydroxylation is 2. The van der Waals surface area contributed by atoms with E-state index in [2.05, 4.69) is 5.10 Å². The molecule has 0 radical (unpaired) electrons. The molecule has 0 bridgehead atoms. The summed E-state index contributed by atoms with van der Waals surface area (Å²) in [5, 5.41) is 4.16. The molecular formula is C18H23N5O3. The molecule has 26 heavy (non-hydrogen) atoms. The highest BCUT2D eigenvalue weighted by Gasteiger charge is 2.43. The van der Waals surface area contributed by atoms with Crippen LogP contribution >= 0.6 is 0 Å². The first-order valence-electron chi connectivity index (χ1n) is 8.81. The number of anilines is 1. The van der Waals surface area contributed by atoms with E-state index in [1.54, 1.807) is 15.8 Å². The summed E-state index contributed by atoms with van der Waals surface area (Å²) in [4.78, 5) is 28.6. The fourth-order valence-corrected chi connectivity index (χ4v) is 3.76. The maximum Gasteiger partial charge on any atom is 0.270 e. The molecule has 4 heterocycles. The second-order valence-corrected chi connectivity index (χ2v) is 7.12. The molecule has 1 spiro atoms. The first-order valence-corrected chi connectivity index (χ1v) is 8.81. The minimum absolute atomic E-state index is 0.0448. The number of rotatable bonds is 2. The van der Waals surface area contributed by atoms with Gasteiger partial charge in [0.1, 0.15) is 12.3 Å². The standard InChI is InChI=1S/C18H23N5O3/c1-20-7-3-4-15(20)17(25)22-8-5-18(6-9-22)13-23(16(24)12-26-18)14-10-19-21(2)11-14/h3-4,7,10-11H,5-6,8-9,12-13H2,1-2H3. The zero-order chi connectivity index (χ0) is 18.3. The normalized spacial score (nSPS) is 20.0. The van der Waals surface area contributed by atoms with Gasteiger partial charge in [0.05, 0.1) is 24.0 Å². The third kappa shape index (κ3) is 2.90. The molecule has 2 aliphatic rings. The number of ether oxygens (including phenoxy) is 1. The van der Waals surface area contributed by atoms with Gasteiger partial charge in [-0.2, -0.15) is 5.10 Å². The van der Waals surface area contributed by atoms with Gasteiger partial charge in [0.25, 0.3) is 11.8 Å². The van der Waals surface area contributed by atoms with Crippen LogP contribution in [0.5, 0.6) is 0 Å². The summed E-state index contributed by atoms with van der Waals surface area (Å²) in [7, 11) is 3.71. The topological polar surface area (TPSA) is 72.6 Å². The maximum atomic E-state index is 12.7. The molecule has 2 aromatic heterocycles. The van der Waals surface area contributed by atoms with Gasteiger partial charge in [-0.3, -0.25) is 14.3 Å². The molecule has 2 saturated heterocycles. The molecule has 8 nitrogen and oxygen atoms in total. The Morgan fingerprint density at radius 3 is 2.65 bits per heavy atom. The quantitative estimate of drug-likeness (QED) is 0.797. The average Bonchev–Trinajstić information content (AvgIpc) is 3.26. The first kappa shape index (κ1) is 16.8. The minimum atomic E-state index is -0.394. The Labute approximate surface area is 151 Å². The van der Waals surface area contributed by atoms with Crippen LogP contribution < -0.4 is 4.90 Å². The van der Waals surface area contributed by atoms with Crippen LogP contribution in [0.3, 0.4) is 0 Å². The number of amides is 2. The van der Waals surface area contributed by atoms with E-state index in [1.807, 2.05) is 48.1 Å². The van der Waals surface area contributed by atoms with Gasteiger partial charge in [-0.05, 0) is 25.0 Å². The van der Waals surface area contributed by atoms with E-state index in [0.717, 1.165) is 5.69 Å². The van der Waals surface area contributed by atoms with E-state index in [-0.39, 0.29) is 18.4 Å². The molecule has 2 aromatic rings. The number of aromatic nitrogens is 3. The van der Waals surface area contributed by atoms with E-state index in [1.165, 1.54) is 0 Å². The molecule has 0 N–H and O–H groups in total. The Balaban J connectivity index is 1.45. The number of hydrogen-bond acceptors (Lipinski definition) is 4. The van der Waals surface area contributed by atoms with Gasteiger partial charge >= 0.3 is 0 Å². The summed E-state index contributed by atoms with van der Waals surface area (Å²) in [5.74, 6) is -0.00528. The number of piperidine rings is 1. The SMILES string of the molecule is Cn1cc(N2CC3(CCN(C(=O)c4cccn4C)CC3)OCC2=O)cn1. The van der Waals surface area contributed by atoms with E-state index >= 15 is 0 Å². The molecule has 8 heteroatoms. The fourth-order valence-electron chi connectivity index (χ4n) is 3.76. The Bertz CT molecular complexity index is 832. The van der Waals surface area contributed by atoms with Crippen LogP contribution in [0.4, 0.5) is 5.69 Å². The van der Waals surface area contributed by atoms with Gasteiger partial charge < -0.3 is 19.1 Å². The summed E-state index contributed by atoms with van der Waals surface area (Å²) in [6.45, 7) is 1.82. The van der Waals surface area contributed by atoms with E-state index < -0.39 is 5.60 Å². The highest BCUT2D eigenvalue weighted by Crippen LogP contribution is 2.33. The second-order valence-electron chi connectivity index (χ2n) is 7.12. The fraction of sp³-hybridized carbons (Fsp3) is 0.500. The third-order valence-corrected chi connectivity index (χ3v) is 5.38. The molecule has 2 fully saturated rings. The Morgan fingerprint density at radius 2 is 2.04 bits per heavy atom. The van der Waals surface area contributed by atoms with Gasteiger partial charge in [0, 0.05) is 39.6 Å². The lowest BCUT2D eigenvalue weighted by Gasteiger charge is -2.46. The van der Waals surface area contributed by atoms with Crippen molar-refractivity contribution in [2.24, 2.45) is 14.1 Å². The average molecular weight is 357 g/mol. The number of likely N-dealkylation sites (tertiary alicyclic amines) is 1. The molecule has 2 amide bonds. The first-order chi connectivity index (χ1) is 12.5. The van der Waals surface area contributed by atoms with E-state index in [9.17, 15) is 9.59 Å². The van der Waals surface area contributed by atoms with Gasteiger partial charge in [-0.1, -0.05) is 0 Å². The highest BCUT2D eigenvalue weighted by molar-refractivity contribution is 5.95. The van der Waals surface area contributed by atoms with Crippen molar-refractivity contribution < 1.29 is 14.3 Å². The summed E-state index contributed by atoms with van der Waals surface area (Å²) in [6, 6.07) is 3.72. The van der Waals surface area contributed by atoms with Gasteiger partial charge in [0.15, 0.2) is 0 Å². The van der Waals surface area contributed by atoms with Crippen molar-refractivity contribution >= 4 is 17.5 Å². The maximum absolute atomic E-state index is 12.7. The zero-order valence-electron chi connectivity index (χ0n) is 15.1. The van der Waals surface area contributed by atoms with E-state index in [4.69, 9.17) is 4.74 Å². The van der Waals surface area contributed by atoms with Crippen LogP contribution in [0.15, 0.2) is 30.7 Å². The van der Waals surface area contributed by atoms with Crippen molar-refractivity contribution in [3.05, 3.63) is 36.4 Å². The van der Waals surface area contributed by atoms with Crippen molar-refractivity contribution in [2.75, 3.05) is 31.1 Å². The number of carbonyl (C=O) groups excluding carboxylic acids is 2. The predicted octanol–water partition coefficient (Wildman–Crippen LogP) is 0.797. The number of hydrogen-bond donors (Lipinski definition) is 0. The molecule has 4 rings (SSSR count). The molecular weight excluding hydrogens is 334 g/mol. The Morgan fingerprint density at radius 1 is 1.27 bits per heavy atom. The van der Waals surface area contributed by atoms with Gasteiger partial charge in [-0.25, -0.2) is 0 Å². The van der Waals surface area contributed by atoms with Crippen LogP contribution in [0.1, 0.15) is 23.3 Å². The highest BCUT2D eigenvalue weighted by atomic mass is 16.5. The Kier molecular flexibility index (Phi) is 4.07. The smallest absolute Gasteiger partial charge is 0.270 e. The van der Waals surface area contributed by atoms with Crippen molar-refractivity contribution in [1.29, 1.82) is 0 Å². The summed E-state index contributed by atoms with van der Waals surface area (Å²) in [6.07, 6.45) is 6.84. The van der Waals surface area contributed by atoms with Crippen molar-refractivity contribution in [1.82, 2.24) is 19.2 Å². The molecule has 0 atom stereocenters. The zero-order valence-corrected chi connectivity index (χ0v) is 15.1. The molecule has 2 aliphatic heterocycles.